The minimum absolute atomic E-state index is 0.339. The molecule has 1 aromatic carbocycles. The van der Waals surface area contributed by atoms with Crippen LogP contribution in [-0.4, -0.2) is 39.6 Å². The van der Waals surface area contributed by atoms with Crippen molar-refractivity contribution in [3.05, 3.63) is 33.1 Å². The normalized spacial score (nSPS) is 19.0. The topological polar surface area (TPSA) is 57.6 Å². The third-order valence-electron chi connectivity index (χ3n) is 2.59. The van der Waals surface area contributed by atoms with E-state index in [0.29, 0.717) is 20.8 Å². The Balaban J connectivity index is 2.28. The van der Waals surface area contributed by atoms with Crippen LogP contribution >= 0.6 is 34.4 Å². The van der Waals surface area contributed by atoms with Crippen LogP contribution < -0.4 is 0 Å². The lowest BCUT2D eigenvalue weighted by atomic mass is 10.1. The van der Waals surface area contributed by atoms with Crippen molar-refractivity contribution in [2.45, 2.75) is 6.04 Å². The SMILES string of the molecule is O=C(O)C1CSCN1C(=O)c1ccc(F)cc1I. The van der Waals surface area contributed by atoms with Crippen LogP contribution in [0.1, 0.15) is 10.4 Å². The minimum Gasteiger partial charge on any atom is -0.480 e. The molecule has 1 aliphatic rings. The van der Waals surface area contributed by atoms with E-state index < -0.39 is 17.8 Å². The van der Waals surface area contributed by atoms with Crippen molar-refractivity contribution in [3.8, 4) is 0 Å². The van der Waals surface area contributed by atoms with Crippen molar-refractivity contribution < 1.29 is 19.1 Å². The first-order valence-electron chi connectivity index (χ1n) is 5.07. The molecule has 2 rings (SSSR count). The molecule has 1 N–H and O–H groups in total. The number of carbonyl (C=O) groups excluding carboxylic acids is 1. The number of rotatable bonds is 2. The van der Waals surface area contributed by atoms with Gasteiger partial charge in [0.25, 0.3) is 5.91 Å². The summed E-state index contributed by atoms with van der Waals surface area (Å²) in [4.78, 5) is 24.5. The van der Waals surface area contributed by atoms with E-state index in [-0.39, 0.29) is 5.91 Å². The van der Waals surface area contributed by atoms with Crippen LogP contribution in [0.4, 0.5) is 4.39 Å². The van der Waals surface area contributed by atoms with Gasteiger partial charge in [0.15, 0.2) is 0 Å². The maximum absolute atomic E-state index is 13.0. The average Bonchev–Trinajstić information content (AvgIpc) is 2.77. The van der Waals surface area contributed by atoms with Gasteiger partial charge in [-0.2, -0.15) is 0 Å². The summed E-state index contributed by atoms with van der Waals surface area (Å²) in [5.41, 5.74) is 0.339. The molecule has 0 aliphatic carbocycles. The molecular formula is C11H9FINO3S. The Kier molecular flexibility index (Phi) is 4.10. The van der Waals surface area contributed by atoms with E-state index in [1.165, 1.54) is 34.9 Å². The van der Waals surface area contributed by atoms with Crippen molar-refractivity contribution in [3.63, 3.8) is 0 Å². The van der Waals surface area contributed by atoms with Crippen LogP contribution in [0.2, 0.25) is 0 Å². The number of hydrogen-bond acceptors (Lipinski definition) is 3. The number of hydrogen-bond donors (Lipinski definition) is 1. The number of carboxylic acids is 1. The van der Waals surface area contributed by atoms with E-state index in [1.807, 2.05) is 22.6 Å². The zero-order chi connectivity index (χ0) is 13.3. The van der Waals surface area contributed by atoms with Gasteiger partial charge in [-0.05, 0) is 40.8 Å². The molecular weight excluding hydrogens is 372 g/mol. The Bertz CT molecular complexity index is 511. The van der Waals surface area contributed by atoms with Crippen LogP contribution in [0.15, 0.2) is 18.2 Å². The van der Waals surface area contributed by atoms with E-state index >= 15 is 0 Å². The molecule has 1 amide bonds. The molecule has 1 fully saturated rings. The Hall–Kier alpha value is -0.830. The van der Waals surface area contributed by atoms with Gasteiger partial charge in [0, 0.05) is 9.32 Å². The van der Waals surface area contributed by atoms with Gasteiger partial charge in [0.05, 0.1) is 11.4 Å². The average molecular weight is 381 g/mol. The lowest BCUT2D eigenvalue weighted by Gasteiger charge is -2.21. The molecule has 1 aliphatic heterocycles. The number of aliphatic carboxylic acids is 1. The molecule has 0 saturated carbocycles. The third kappa shape index (κ3) is 2.61. The highest BCUT2D eigenvalue weighted by Gasteiger charge is 2.35. The summed E-state index contributed by atoms with van der Waals surface area (Å²) in [6.45, 7) is 0. The van der Waals surface area contributed by atoms with Gasteiger partial charge in [-0.25, -0.2) is 9.18 Å². The number of carbonyl (C=O) groups is 2. The first-order chi connectivity index (χ1) is 8.50. The van der Waals surface area contributed by atoms with Gasteiger partial charge < -0.3 is 10.0 Å². The second kappa shape index (κ2) is 5.43. The zero-order valence-electron chi connectivity index (χ0n) is 9.10. The molecule has 7 heteroatoms. The Morgan fingerprint density at radius 2 is 2.22 bits per heavy atom. The Morgan fingerprint density at radius 3 is 2.83 bits per heavy atom. The van der Waals surface area contributed by atoms with Crippen molar-refractivity contribution >= 4 is 46.2 Å². The summed E-state index contributed by atoms with van der Waals surface area (Å²) in [7, 11) is 0. The van der Waals surface area contributed by atoms with Crippen LogP contribution in [0, 0.1) is 9.39 Å². The highest BCUT2D eigenvalue weighted by atomic mass is 127. The maximum Gasteiger partial charge on any atom is 0.327 e. The first kappa shape index (κ1) is 13.6. The molecule has 1 heterocycles. The van der Waals surface area contributed by atoms with Crippen molar-refractivity contribution in [2.75, 3.05) is 11.6 Å². The molecule has 0 spiro atoms. The maximum atomic E-state index is 13.0. The van der Waals surface area contributed by atoms with E-state index in [2.05, 4.69) is 0 Å². The van der Waals surface area contributed by atoms with Crippen LogP contribution in [-0.2, 0) is 4.79 Å². The molecule has 0 radical (unpaired) electrons. The Labute approximate surface area is 121 Å². The van der Waals surface area contributed by atoms with Crippen molar-refractivity contribution in [2.24, 2.45) is 0 Å². The summed E-state index contributed by atoms with van der Waals surface area (Å²) in [5.74, 6) is -1.05. The highest BCUT2D eigenvalue weighted by Crippen LogP contribution is 2.25. The number of thioether (sulfide) groups is 1. The van der Waals surface area contributed by atoms with Crippen LogP contribution in [0.3, 0.4) is 0 Å². The quantitative estimate of drug-likeness (QED) is 0.797. The van der Waals surface area contributed by atoms with Gasteiger partial charge in [-0.1, -0.05) is 0 Å². The zero-order valence-corrected chi connectivity index (χ0v) is 12.1. The van der Waals surface area contributed by atoms with E-state index in [9.17, 15) is 14.0 Å². The van der Waals surface area contributed by atoms with Gasteiger partial charge in [0.1, 0.15) is 11.9 Å². The minimum atomic E-state index is -1.01. The number of benzene rings is 1. The molecule has 1 unspecified atom stereocenters. The fraction of sp³-hybridized carbons (Fsp3) is 0.273. The predicted molar refractivity (Wildman–Crippen MR) is 74.0 cm³/mol. The number of amides is 1. The molecule has 0 bridgehead atoms. The fourth-order valence-corrected chi connectivity index (χ4v) is 3.52. The van der Waals surface area contributed by atoms with E-state index in [4.69, 9.17) is 5.11 Å². The van der Waals surface area contributed by atoms with Crippen molar-refractivity contribution in [1.82, 2.24) is 4.90 Å². The van der Waals surface area contributed by atoms with E-state index in [0.717, 1.165) is 0 Å². The van der Waals surface area contributed by atoms with Gasteiger partial charge in [0.2, 0.25) is 0 Å². The summed E-state index contributed by atoms with van der Waals surface area (Å²) in [5, 5.41) is 9.02. The third-order valence-corrected chi connectivity index (χ3v) is 4.49. The monoisotopic (exact) mass is 381 g/mol. The summed E-state index contributed by atoms with van der Waals surface area (Å²) in [6, 6.07) is 3.05. The number of carboxylic acid groups (broad SMARTS) is 1. The molecule has 0 aromatic heterocycles. The van der Waals surface area contributed by atoms with Gasteiger partial charge in [-0.15, -0.1) is 11.8 Å². The smallest absolute Gasteiger partial charge is 0.327 e. The lowest BCUT2D eigenvalue weighted by Crippen LogP contribution is -2.42. The summed E-state index contributed by atoms with van der Waals surface area (Å²) < 4.78 is 13.4. The lowest BCUT2D eigenvalue weighted by molar-refractivity contribution is -0.140. The number of halogens is 2. The summed E-state index contributed by atoms with van der Waals surface area (Å²) >= 11 is 3.27. The van der Waals surface area contributed by atoms with Crippen LogP contribution in [0.25, 0.3) is 0 Å². The standard InChI is InChI=1S/C11H9FINO3S/c12-6-1-2-7(8(13)3-6)10(15)14-5-18-4-9(14)11(16)17/h1-3,9H,4-5H2,(H,16,17). The summed E-state index contributed by atoms with van der Waals surface area (Å²) in [6.07, 6.45) is 0. The first-order valence-corrected chi connectivity index (χ1v) is 7.30. The number of nitrogens with zero attached hydrogens (tertiary/aromatic N) is 1. The van der Waals surface area contributed by atoms with Crippen LogP contribution in [0.5, 0.6) is 0 Å². The second-order valence-electron chi connectivity index (χ2n) is 3.75. The van der Waals surface area contributed by atoms with Crippen molar-refractivity contribution in [1.29, 1.82) is 0 Å². The van der Waals surface area contributed by atoms with Gasteiger partial charge in [-0.3, -0.25) is 4.79 Å². The molecule has 1 atom stereocenters. The highest BCUT2D eigenvalue weighted by molar-refractivity contribution is 14.1. The molecule has 1 aromatic rings. The predicted octanol–water partition coefficient (Wildman–Crippen LogP) is 2.03. The van der Waals surface area contributed by atoms with Gasteiger partial charge >= 0.3 is 5.97 Å². The fourth-order valence-electron chi connectivity index (χ4n) is 1.67. The Morgan fingerprint density at radius 1 is 1.50 bits per heavy atom. The molecule has 18 heavy (non-hydrogen) atoms. The second-order valence-corrected chi connectivity index (χ2v) is 5.92. The molecule has 1 saturated heterocycles. The van der Waals surface area contributed by atoms with E-state index in [1.54, 1.807) is 0 Å². The largest absolute Gasteiger partial charge is 0.480 e. The molecule has 96 valence electrons. The molecule has 4 nitrogen and oxygen atoms in total.